The summed E-state index contributed by atoms with van der Waals surface area (Å²) >= 11 is 2.26. The molecule has 0 aliphatic carbocycles. The van der Waals surface area contributed by atoms with Gasteiger partial charge < -0.3 is 5.11 Å². The van der Waals surface area contributed by atoms with Crippen molar-refractivity contribution in [2.75, 3.05) is 4.43 Å². The van der Waals surface area contributed by atoms with Gasteiger partial charge in [0.2, 0.25) is 0 Å². The molecule has 0 aromatic carbocycles. The highest BCUT2D eigenvalue weighted by atomic mass is 127. The lowest BCUT2D eigenvalue weighted by Crippen LogP contribution is -2.18. The van der Waals surface area contributed by atoms with E-state index in [4.69, 9.17) is 5.11 Å². The molecular weight excluding hydrogens is 227 g/mol. The molecule has 0 aromatic rings. The molecule has 54 valence electrons. The van der Waals surface area contributed by atoms with Crippen molar-refractivity contribution >= 4 is 22.6 Å². The van der Waals surface area contributed by atoms with E-state index in [1.807, 2.05) is 6.92 Å². The maximum absolute atomic E-state index is 9.07. The molecule has 1 unspecified atom stereocenters. The van der Waals surface area contributed by atoms with Gasteiger partial charge in [-0.2, -0.15) is 0 Å². The molecule has 1 nitrogen and oxygen atoms in total. The molecule has 0 fully saturated rings. The molecule has 0 saturated carbocycles. The Labute approximate surface area is 70.3 Å². The molecule has 0 aromatic heterocycles. The predicted octanol–water partition coefficient (Wildman–Crippen LogP) is 2.91. The fraction of sp³-hybridized carbons (Fsp3) is 0.714. The molecule has 0 aliphatic heterocycles. The number of halogens is 1. The van der Waals surface area contributed by atoms with Crippen LogP contribution in [0.3, 0.4) is 0 Å². The summed E-state index contributed by atoms with van der Waals surface area (Å²) in [5, 5.41) is 9.07. The number of hydrogen-bond acceptors (Lipinski definition) is 1. The van der Waals surface area contributed by atoms with Crippen LogP contribution in [-0.2, 0) is 0 Å². The average Bonchev–Trinajstić information content (AvgIpc) is 1.86. The fourth-order valence-electron chi connectivity index (χ4n) is 0.376. The molecule has 0 saturated heterocycles. The monoisotopic (exact) mass is 240 g/mol. The molecule has 0 bridgehead atoms. The van der Waals surface area contributed by atoms with Crippen molar-refractivity contribution in [2.45, 2.75) is 20.3 Å². The van der Waals surface area contributed by atoms with Crippen molar-refractivity contribution < 1.29 is 5.11 Å². The first-order valence-corrected chi connectivity index (χ1v) is 4.53. The first-order valence-electron chi connectivity index (χ1n) is 3.01. The van der Waals surface area contributed by atoms with Gasteiger partial charge in [-0.1, -0.05) is 43.0 Å². The van der Waals surface area contributed by atoms with Crippen LogP contribution in [0, 0.1) is 5.41 Å². The Balaban J connectivity index is 4.09. The average molecular weight is 240 g/mol. The SMILES string of the molecule is C=C(O)C(C)(CC)CI. The molecule has 2 heteroatoms. The van der Waals surface area contributed by atoms with Crippen LogP contribution < -0.4 is 0 Å². The number of aliphatic hydroxyl groups excluding tert-OH is 1. The molecule has 0 spiro atoms. The van der Waals surface area contributed by atoms with E-state index in [-0.39, 0.29) is 5.41 Å². The van der Waals surface area contributed by atoms with Crippen LogP contribution >= 0.6 is 22.6 Å². The van der Waals surface area contributed by atoms with Crippen molar-refractivity contribution in [3.05, 3.63) is 12.3 Å². The zero-order valence-electron chi connectivity index (χ0n) is 5.95. The number of allylic oxidation sites excluding steroid dienone is 1. The first-order chi connectivity index (χ1) is 4.06. The van der Waals surface area contributed by atoms with Crippen molar-refractivity contribution in [3.8, 4) is 0 Å². The first kappa shape index (κ1) is 9.27. The Morgan fingerprint density at radius 2 is 2.22 bits per heavy atom. The smallest absolute Gasteiger partial charge is 0.0917 e. The van der Waals surface area contributed by atoms with Crippen LogP contribution in [0.2, 0.25) is 0 Å². The summed E-state index contributed by atoms with van der Waals surface area (Å²) in [4.78, 5) is 0. The summed E-state index contributed by atoms with van der Waals surface area (Å²) in [6.07, 6.45) is 0.950. The van der Waals surface area contributed by atoms with Gasteiger partial charge in [-0.3, -0.25) is 0 Å². The Morgan fingerprint density at radius 3 is 2.22 bits per heavy atom. The minimum absolute atomic E-state index is 0.0689. The van der Waals surface area contributed by atoms with Gasteiger partial charge in [0.15, 0.2) is 0 Å². The Morgan fingerprint density at radius 1 is 1.78 bits per heavy atom. The lowest BCUT2D eigenvalue weighted by atomic mass is 9.89. The number of alkyl halides is 1. The second-order valence-electron chi connectivity index (χ2n) is 2.49. The van der Waals surface area contributed by atoms with Crippen LogP contribution in [-0.4, -0.2) is 9.53 Å². The van der Waals surface area contributed by atoms with E-state index in [1.165, 1.54) is 0 Å². The normalized spacial score (nSPS) is 16.8. The highest BCUT2D eigenvalue weighted by Crippen LogP contribution is 2.29. The highest BCUT2D eigenvalue weighted by Gasteiger charge is 2.23. The molecule has 0 aliphatic rings. The molecule has 1 N–H and O–H groups in total. The van der Waals surface area contributed by atoms with Crippen LogP contribution in [0.1, 0.15) is 20.3 Å². The molecule has 0 radical (unpaired) electrons. The van der Waals surface area contributed by atoms with Gasteiger partial charge in [0.05, 0.1) is 5.76 Å². The molecule has 0 rings (SSSR count). The second kappa shape index (κ2) is 3.44. The van der Waals surface area contributed by atoms with Gasteiger partial charge in [0, 0.05) is 9.84 Å². The van der Waals surface area contributed by atoms with Crippen LogP contribution in [0.15, 0.2) is 12.3 Å². The minimum atomic E-state index is -0.0689. The Kier molecular flexibility index (Phi) is 3.54. The molecule has 0 heterocycles. The topological polar surface area (TPSA) is 20.2 Å². The maximum Gasteiger partial charge on any atom is 0.0917 e. The summed E-state index contributed by atoms with van der Waals surface area (Å²) < 4.78 is 0.927. The third kappa shape index (κ3) is 2.16. The van der Waals surface area contributed by atoms with E-state index in [1.54, 1.807) is 0 Å². The summed E-state index contributed by atoms with van der Waals surface area (Å²) in [5.74, 6) is 0.305. The predicted molar refractivity (Wildman–Crippen MR) is 49.1 cm³/mol. The summed E-state index contributed by atoms with van der Waals surface area (Å²) in [7, 11) is 0. The zero-order valence-corrected chi connectivity index (χ0v) is 8.10. The quantitative estimate of drug-likeness (QED) is 0.457. The number of aliphatic hydroxyl groups is 1. The summed E-state index contributed by atoms with van der Waals surface area (Å²) in [6, 6.07) is 0. The van der Waals surface area contributed by atoms with E-state index in [0.29, 0.717) is 5.76 Å². The lowest BCUT2D eigenvalue weighted by molar-refractivity contribution is 0.262. The van der Waals surface area contributed by atoms with Gasteiger partial charge >= 0.3 is 0 Å². The van der Waals surface area contributed by atoms with Gasteiger partial charge in [0.25, 0.3) is 0 Å². The van der Waals surface area contributed by atoms with E-state index in [0.717, 1.165) is 10.8 Å². The molecule has 9 heavy (non-hydrogen) atoms. The van der Waals surface area contributed by atoms with Gasteiger partial charge in [0.1, 0.15) is 0 Å². The maximum atomic E-state index is 9.07. The summed E-state index contributed by atoms with van der Waals surface area (Å²) in [6.45, 7) is 7.59. The Hall–Kier alpha value is 0.270. The van der Waals surface area contributed by atoms with Gasteiger partial charge in [-0.05, 0) is 6.42 Å². The standard InChI is InChI=1S/C7H13IO/c1-4-7(3,5-8)6(2)9/h9H,2,4-5H2,1,3H3. The van der Waals surface area contributed by atoms with E-state index in [2.05, 4.69) is 36.1 Å². The van der Waals surface area contributed by atoms with Crippen molar-refractivity contribution in [1.29, 1.82) is 0 Å². The fourth-order valence-corrected chi connectivity index (χ4v) is 1.36. The van der Waals surface area contributed by atoms with Gasteiger partial charge in [-0.15, -0.1) is 0 Å². The van der Waals surface area contributed by atoms with E-state index in [9.17, 15) is 0 Å². The van der Waals surface area contributed by atoms with Gasteiger partial charge in [-0.25, -0.2) is 0 Å². The van der Waals surface area contributed by atoms with Crippen LogP contribution in [0.25, 0.3) is 0 Å². The van der Waals surface area contributed by atoms with Crippen molar-refractivity contribution in [3.63, 3.8) is 0 Å². The molecular formula is C7H13IO. The van der Waals surface area contributed by atoms with E-state index >= 15 is 0 Å². The Bertz CT molecular complexity index is 105. The molecule has 1 atom stereocenters. The second-order valence-corrected chi connectivity index (χ2v) is 3.26. The minimum Gasteiger partial charge on any atom is -0.512 e. The lowest BCUT2D eigenvalue weighted by Gasteiger charge is -2.23. The number of hydrogen-bond donors (Lipinski definition) is 1. The zero-order chi connectivity index (χ0) is 7.49. The van der Waals surface area contributed by atoms with Crippen LogP contribution in [0.4, 0.5) is 0 Å². The van der Waals surface area contributed by atoms with E-state index < -0.39 is 0 Å². The largest absolute Gasteiger partial charge is 0.512 e. The molecule has 0 amide bonds. The third-order valence-corrected chi connectivity index (χ3v) is 3.46. The third-order valence-electron chi connectivity index (χ3n) is 1.77. The number of rotatable bonds is 3. The summed E-state index contributed by atoms with van der Waals surface area (Å²) in [5.41, 5.74) is -0.0689. The van der Waals surface area contributed by atoms with Crippen LogP contribution in [0.5, 0.6) is 0 Å². The highest BCUT2D eigenvalue weighted by molar-refractivity contribution is 14.1. The van der Waals surface area contributed by atoms with Crippen molar-refractivity contribution in [2.24, 2.45) is 5.41 Å². The van der Waals surface area contributed by atoms with Crippen molar-refractivity contribution in [1.82, 2.24) is 0 Å².